The number of benzene rings is 2. The quantitative estimate of drug-likeness (QED) is 0.455. The SMILES string of the molecule is O=c1c2c(-c3ccc(Cl)cc3)n(-c3cccc(Cl)c3)[nH]c-2cn1CC(F)(F)F. The van der Waals surface area contributed by atoms with Crippen LogP contribution < -0.4 is 5.56 Å². The van der Waals surface area contributed by atoms with Crippen molar-refractivity contribution in [3.63, 3.8) is 0 Å². The van der Waals surface area contributed by atoms with Crippen LogP contribution in [-0.2, 0) is 6.54 Å². The molecule has 2 aromatic rings. The third kappa shape index (κ3) is 3.43. The smallest absolute Gasteiger partial charge is 0.304 e. The van der Waals surface area contributed by atoms with Gasteiger partial charge in [0.25, 0.3) is 5.56 Å². The maximum absolute atomic E-state index is 12.8. The Labute approximate surface area is 167 Å². The van der Waals surface area contributed by atoms with Gasteiger partial charge in [-0.2, -0.15) is 13.2 Å². The van der Waals surface area contributed by atoms with E-state index in [4.69, 9.17) is 23.2 Å². The zero-order valence-electron chi connectivity index (χ0n) is 14.1. The van der Waals surface area contributed by atoms with Gasteiger partial charge in [0.2, 0.25) is 0 Å². The van der Waals surface area contributed by atoms with Gasteiger partial charge in [0, 0.05) is 21.8 Å². The fraction of sp³-hybridized carbons (Fsp3) is 0.105. The highest BCUT2D eigenvalue weighted by Gasteiger charge is 2.32. The summed E-state index contributed by atoms with van der Waals surface area (Å²) < 4.78 is 40.7. The third-order valence-electron chi connectivity index (χ3n) is 4.26. The van der Waals surface area contributed by atoms with E-state index in [2.05, 4.69) is 5.10 Å². The largest absolute Gasteiger partial charge is 0.406 e. The Morgan fingerprint density at radius 3 is 2.36 bits per heavy atom. The van der Waals surface area contributed by atoms with Crippen LogP contribution in [0.2, 0.25) is 10.0 Å². The molecular weight excluding hydrogens is 414 g/mol. The highest BCUT2D eigenvalue weighted by molar-refractivity contribution is 6.31. The van der Waals surface area contributed by atoms with Crippen molar-refractivity contribution < 1.29 is 13.2 Å². The molecule has 0 aliphatic carbocycles. The molecule has 0 saturated carbocycles. The van der Waals surface area contributed by atoms with Crippen molar-refractivity contribution in [3.05, 3.63) is 75.1 Å². The molecule has 0 atom stereocenters. The lowest BCUT2D eigenvalue weighted by molar-refractivity contribution is -0.141. The van der Waals surface area contributed by atoms with Crippen molar-refractivity contribution in [1.29, 1.82) is 0 Å². The van der Waals surface area contributed by atoms with Gasteiger partial charge in [0.1, 0.15) is 6.54 Å². The second kappa shape index (κ2) is 6.76. The lowest BCUT2D eigenvalue weighted by Gasteiger charge is -2.10. The summed E-state index contributed by atoms with van der Waals surface area (Å²) in [6.45, 7) is -1.36. The summed E-state index contributed by atoms with van der Waals surface area (Å²) in [6, 6.07) is 13.6. The summed E-state index contributed by atoms with van der Waals surface area (Å²) in [6.07, 6.45) is -3.33. The van der Waals surface area contributed by atoms with Crippen LogP contribution in [0.25, 0.3) is 28.2 Å². The number of aromatic amines is 1. The molecule has 9 heteroatoms. The van der Waals surface area contributed by atoms with Crippen molar-refractivity contribution >= 4 is 23.2 Å². The van der Waals surface area contributed by atoms with Crippen LogP contribution in [0, 0.1) is 0 Å². The fourth-order valence-corrected chi connectivity index (χ4v) is 3.45. The maximum atomic E-state index is 12.8. The summed E-state index contributed by atoms with van der Waals surface area (Å²) >= 11 is 12.0. The summed E-state index contributed by atoms with van der Waals surface area (Å²) in [5.41, 5.74) is 1.41. The van der Waals surface area contributed by atoms with Gasteiger partial charge in [-0.15, -0.1) is 0 Å². The fourth-order valence-electron chi connectivity index (χ4n) is 3.14. The minimum atomic E-state index is -4.50. The molecule has 0 radical (unpaired) electrons. The molecule has 2 heterocycles. The zero-order valence-corrected chi connectivity index (χ0v) is 15.6. The van der Waals surface area contributed by atoms with Gasteiger partial charge in [0.15, 0.2) is 0 Å². The van der Waals surface area contributed by atoms with Gasteiger partial charge >= 0.3 is 6.18 Å². The first-order valence-electron chi connectivity index (χ1n) is 8.15. The van der Waals surface area contributed by atoms with E-state index in [0.29, 0.717) is 37.3 Å². The minimum Gasteiger partial charge on any atom is -0.304 e. The topological polar surface area (TPSA) is 42.7 Å². The van der Waals surface area contributed by atoms with E-state index in [1.165, 1.54) is 6.20 Å². The van der Waals surface area contributed by atoms with Crippen LogP contribution >= 0.6 is 23.2 Å². The molecular formula is C19H12Cl2F3N3O. The number of rotatable bonds is 3. The van der Waals surface area contributed by atoms with E-state index >= 15 is 0 Å². The number of hydrogen-bond acceptors (Lipinski definition) is 1. The molecule has 2 aliphatic heterocycles. The van der Waals surface area contributed by atoms with Crippen LogP contribution in [0.3, 0.4) is 0 Å². The van der Waals surface area contributed by atoms with E-state index in [9.17, 15) is 18.0 Å². The van der Waals surface area contributed by atoms with E-state index < -0.39 is 18.3 Å². The second-order valence-electron chi connectivity index (χ2n) is 6.25. The molecule has 0 bridgehead atoms. The van der Waals surface area contributed by atoms with Gasteiger partial charge in [-0.25, -0.2) is 0 Å². The summed E-state index contributed by atoms with van der Waals surface area (Å²) in [5.74, 6) is 0. The normalized spacial score (nSPS) is 12.0. The summed E-state index contributed by atoms with van der Waals surface area (Å²) in [4.78, 5) is 12.8. The van der Waals surface area contributed by atoms with Gasteiger partial charge in [-0.1, -0.05) is 41.4 Å². The molecule has 0 amide bonds. The number of nitrogens with one attached hydrogen (secondary N) is 1. The second-order valence-corrected chi connectivity index (χ2v) is 7.12. The molecule has 144 valence electrons. The maximum Gasteiger partial charge on any atom is 0.406 e. The Bertz CT molecular complexity index is 1170. The lowest BCUT2D eigenvalue weighted by atomic mass is 10.1. The Hall–Kier alpha value is -2.64. The van der Waals surface area contributed by atoms with Crippen molar-refractivity contribution in [2.24, 2.45) is 0 Å². The van der Waals surface area contributed by atoms with Crippen molar-refractivity contribution in [1.82, 2.24) is 14.3 Å². The Morgan fingerprint density at radius 2 is 1.71 bits per heavy atom. The predicted molar refractivity (Wildman–Crippen MR) is 103 cm³/mol. The van der Waals surface area contributed by atoms with Gasteiger partial charge in [0.05, 0.1) is 22.6 Å². The van der Waals surface area contributed by atoms with Crippen molar-refractivity contribution in [2.75, 3.05) is 0 Å². The van der Waals surface area contributed by atoms with Crippen molar-refractivity contribution in [2.45, 2.75) is 12.7 Å². The highest BCUT2D eigenvalue weighted by Crippen LogP contribution is 2.35. The van der Waals surface area contributed by atoms with Crippen LogP contribution in [0.4, 0.5) is 13.2 Å². The summed E-state index contributed by atoms with van der Waals surface area (Å²) in [7, 11) is 0. The standard InChI is InChI=1S/C19H12Cl2F3N3O/c20-12-6-4-11(5-7-12)17-16-15(9-26(18(16)28)10-19(22,23)24)25-27(17)14-3-1-2-13(21)8-14/h1-9,25H,10H2. The molecule has 28 heavy (non-hydrogen) atoms. The molecule has 0 fully saturated rings. The van der Waals surface area contributed by atoms with E-state index in [0.717, 1.165) is 0 Å². The third-order valence-corrected chi connectivity index (χ3v) is 4.74. The molecule has 2 aromatic carbocycles. The Balaban J connectivity index is 1.99. The number of aromatic nitrogens is 3. The molecule has 4 nitrogen and oxygen atoms in total. The van der Waals surface area contributed by atoms with Crippen LogP contribution in [0.5, 0.6) is 0 Å². The Morgan fingerprint density at radius 1 is 1.00 bits per heavy atom. The minimum absolute atomic E-state index is 0.159. The Kier molecular flexibility index (Phi) is 4.51. The predicted octanol–water partition coefficient (Wildman–Crippen LogP) is 5.61. The van der Waals surface area contributed by atoms with Gasteiger partial charge < -0.3 is 4.57 Å². The van der Waals surface area contributed by atoms with Crippen LogP contribution in [0.1, 0.15) is 0 Å². The van der Waals surface area contributed by atoms with Crippen molar-refractivity contribution in [3.8, 4) is 28.2 Å². The summed E-state index contributed by atoms with van der Waals surface area (Å²) in [5, 5.41) is 3.99. The number of nitrogens with zero attached hydrogens (tertiary/aromatic N) is 2. The highest BCUT2D eigenvalue weighted by atomic mass is 35.5. The zero-order chi connectivity index (χ0) is 20.1. The van der Waals surface area contributed by atoms with Gasteiger partial charge in [-0.05, 0) is 30.3 Å². The average molecular weight is 426 g/mol. The first-order valence-corrected chi connectivity index (χ1v) is 8.91. The van der Waals surface area contributed by atoms with E-state index in [-0.39, 0.29) is 5.56 Å². The number of H-pyrrole nitrogens is 1. The first-order chi connectivity index (χ1) is 13.2. The van der Waals surface area contributed by atoms with E-state index in [1.54, 1.807) is 53.2 Å². The lowest BCUT2D eigenvalue weighted by Crippen LogP contribution is -2.25. The van der Waals surface area contributed by atoms with Crippen LogP contribution in [0.15, 0.2) is 59.5 Å². The molecule has 0 unspecified atom stereocenters. The molecule has 1 N–H and O–H groups in total. The number of halogens is 5. The number of alkyl halides is 3. The monoisotopic (exact) mass is 425 g/mol. The number of fused-ring (bicyclic) bond motifs is 1. The van der Waals surface area contributed by atoms with Crippen LogP contribution in [-0.4, -0.2) is 20.5 Å². The molecule has 0 spiro atoms. The van der Waals surface area contributed by atoms with Gasteiger partial charge in [-0.3, -0.25) is 14.6 Å². The molecule has 0 saturated heterocycles. The molecule has 2 aliphatic rings. The average Bonchev–Trinajstić information content (AvgIpc) is 3.12. The molecule has 0 aromatic heterocycles. The molecule has 4 rings (SSSR count). The first kappa shape index (κ1) is 18.7. The number of hydrogen-bond donors (Lipinski definition) is 1. The van der Waals surface area contributed by atoms with E-state index in [1.807, 2.05) is 0 Å².